The number of hydrogen-bond donors (Lipinski definition) is 1. The number of ether oxygens (including phenoxy) is 1. The van der Waals surface area contributed by atoms with E-state index in [1.165, 1.54) is 11.1 Å². The van der Waals surface area contributed by atoms with Gasteiger partial charge in [-0.3, -0.25) is 4.79 Å². The molecule has 1 amide bonds. The molecule has 132 valence electrons. The van der Waals surface area contributed by atoms with Crippen LogP contribution in [0.4, 0.5) is 0 Å². The summed E-state index contributed by atoms with van der Waals surface area (Å²) in [6.45, 7) is 3.55. The molecule has 1 aliphatic rings. The number of hydrogen-bond acceptors (Lipinski definition) is 2. The standard InChI is InChI=1S/C21H24BrNO2/c1-2-3-10-25-14-15-4-6-16(7-5-15)21(24)23-20-12-17-8-9-19(22)11-18(17)13-20/h4-9,11,20H,2-3,10,12-14H2,1H3,(H,23,24). The van der Waals surface area contributed by atoms with Gasteiger partial charge in [0.05, 0.1) is 6.61 Å². The van der Waals surface area contributed by atoms with Crippen molar-refractivity contribution < 1.29 is 9.53 Å². The minimum absolute atomic E-state index is 0.00433. The van der Waals surface area contributed by atoms with E-state index < -0.39 is 0 Å². The Morgan fingerprint density at radius 3 is 2.68 bits per heavy atom. The summed E-state index contributed by atoms with van der Waals surface area (Å²) in [4.78, 5) is 12.5. The van der Waals surface area contributed by atoms with Crippen molar-refractivity contribution >= 4 is 21.8 Å². The highest BCUT2D eigenvalue weighted by molar-refractivity contribution is 9.10. The zero-order valence-corrected chi connectivity index (χ0v) is 16.1. The minimum atomic E-state index is -0.00433. The van der Waals surface area contributed by atoms with Gasteiger partial charge in [0.1, 0.15) is 0 Å². The minimum Gasteiger partial charge on any atom is -0.377 e. The van der Waals surface area contributed by atoms with E-state index in [1.807, 2.05) is 24.3 Å². The van der Waals surface area contributed by atoms with Crippen LogP contribution in [0.5, 0.6) is 0 Å². The molecule has 0 aromatic heterocycles. The fraction of sp³-hybridized carbons (Fsp3) is 0.381. The molecule has 25 heavy (non-hydrogen) atoms. The summed E-state index contributed by atoms with van der Waals surface area (Å²) >= 11 is 3.51. The zero-order chi connectivity index (χ0) is 17.6. The average Bonchev–Trinajstić information content (AvgIpc) is 3.00. The predicted molar refractivity (Wildman–Crippen MR) is 104 cm³/mol. The first-order valence-electron chi connectivity index (χ1n) is 8.90. The fourth-order valence-electron chi connectivity index (χ4n) is 3.15. The van der Waals surface area contributed by atoms with Gasteiger partial charge in [0.25, 0.3) is 5.91 Å². The van der Waals surface area contributed by atoms with E-state index in [0.717, 1.165) is 42.3 Å². The second-order valence-electron chi connectivity index (χ2n) is 6.59. The van der Waals surface area contributed by atoms with Crippen LogP contribution in [0.15, 0.2) is 46.9 Å². The summed E-state index contributed by atoms with van der Waals surface area (Å²) in [5.41, 5.74) is 4.45. The number of amides is 1. The molecular weight excluding hydrogens is 378 g/mol. The lowest BCUT2D eigenvalue weighted by Gasteiger charge is -2.12. The number of rotatable bonds is 7. The van der Waals surface area contributed by atoms with Crippen LogP contribution in [0.1, 0.15) is 46.8 Å². The van der Waals surface area contributed by atoms with Gasteiger partial charge in [-0.1, -0.05) is 47.5 Å². The van der Waals surface area contributed by atoms with Crippen molar-refractivity contribution in [1.82, 2.24) is 5.32 Å². The Balaban J connectivity index is 1.52. The fourth-order valence-corrected chi connectivity index (χ4v) is 3.55. The number of nitrogens with one attached hydrogen (secondary N) is 1. The van der Waals surface area contributed by atoms with Crippen molar-refractivity contribution in [3.63, 3.8) is 0 Å². The third kappa shape index (κ3) is 4.93. The molecule has 0 radical (unpaired) electrons. The normalized spacial score (nSPS) is 15.8. The Bertz CT molecular complexity index is 727. The van der Waals surface area contributed by atoms with Crippen LogP contribution >= 0.6 is 15.9 Å². The summed E-state index contributed by atoms with van der Waals surface area (Å²) in [6.07, 6.45) is 4.02. The lowest BCUT2D eigenvalue weighted by atomic mass is 10.1. The van der Waals surface area contributed by atoms with Gasteiger partial charge >= 0.3 is 0 Å². The molecule has 0 bridgehead atoms. The van der Waals surface area contributed by atoms with E-state index in [0.29, 0.717) is 12.2 Å². The molecule has 2 aromatic rings. The molecule has 1 atom stereocenters. The molecule has 3 nitrogen and oxygen atoms in total. The van der Waals surface area contributed by atoms with Gasteiger partial charge in [-0.05, 0) is 60.2 Å². The highest BCUT2D eigenvalue weighted by Crippen LogP contribution is 2.25. The van der Waals surface area contributed by atoms with E-state index in [-0.39, 0.29) is 11.9 Å². The molecule has 1 aliphatic carbocycles. The highest BCUT2D eigenvalue weighted by atomic mass is 79.9. The number of unbranched alkanes of at least 4 members (excludes halogenated alkanes) is 1. The van der Waals surface area contributed by atoms with E-state index in [4.69, 9.17) is 4.74 Å². The molecule has 1 unspecified atom stereocenters. The quantitative estimate of drug-likeness (QED) is 0.684. The van der Waals surface area contributed by atoms with Gasteiger partial charge < -0.3 is 10.1 Å². The Morgan fingerprint density at radius 1 is 1.16 bits per heavy atom. The third-order valence-corrected chi connectivity index (χ3v) is 5.06. The highest BCUT2D eigenvalue weighted by Gasteiger charge is 2.23. The maximum atomic E-state index is 12.5. The molecule has 0 heterocycles. The van der Waals surface area contributed by atoms with Crippen LogP contribution in [-0.2, 0) is 24.2 Å². The van der Waals surface area contributed by atoms with Crippen LogP contribution in [0.25, 0.3) is 0 Å². The first kappa shape index (κ1) is 18.2. The van der Waals surface area contributed by atoms with Crippen LogP contribution in [0.2, 0.25) is 0 Å². The first-order chi connectivity index (χ1) is 12.2. The SMILES string of the molecule is CCCCOCc1ccc(C(=O)NC2Cc3ccc(Br)cc3C2)cc1. The Labute approximate surface area is 157 Å². The van der Waals surface area contributed by atoms with Gasteiger partial charge in [-0.2, -0.15) is 0 Å². The van der Waals surface area contributed by atoms with Gasteiger partial charge in [0, 0.05) is 22.7 Å². The van der Waals surface area contributed by atoms with Gasteiger partial charge in [0.15, 0.2) is 0 Å². The summed E-state index contributed by atoms with van der Waals surface area (Å²) in [6, 6.07) is 14.2. The molecule has 3 rings (SSSR count). The molecular formula is C21H24BrNO2. The molecule has 2 aromatic carbocycles. The smallest absolute Gasteiger partial charge is 0.251 e. The van der Waals surface area contributed by atoms with Gasteiger partial charge in [-0.15, -0.1) is 0 Å². The average molecular weight is 402 g/mol. The maximum absolute atomic E-state index is 12.5. The lowest BCUT2D eigenvalue weighted by Crippen LogP contribution is -2.35. The van der Waals surface area contributed by atoms with Crippen molar-refractivity contribution in [3.05, 3.63) is 69.2 Å². The zero-order valence-electron chi connectivity index (χ0n) is 14.6. The molecule has 4 heteroatoms. The number of benzene rings is 2. The number of carbonyl (C=O) groups excluding carboxylic acids is 1. The summed E-state index contributed by atoms with van der Waals surface area (Å²) < 4.78 is 6.70. The first-order valence-corrected chi connectivity index (χ1v) is 9.70. The molecule has 0 fully saturated rings. The lowest BCUT2D eigenvalue weighted by molar-refractivity contribution is 0.0938. The van der Waals surface area contributed by atoms with E-state index in [9.17, 15) is 4.79 Å². The second-order valence-corrected chi connectivity index (χ2v) is 7.51. The largest absolute Gasteiger partial charge is 0.377 e. The van der Waals surface area contributed by atoms with E-state index in [1.54, 1.807) is 0 Å². The van der Waals surface area contributed by atoms with Crippen LogP contribution in [-0.4, -0.2) is 18.6 Å². The number of halogens is 1. The Hall–Kier alpha value is -1.65. The van der Waals surface area contributed by atoms with Crippen molar-refractivity contribution in [3.8, 4) is 0 Å². The van der Waals surface area contributed by atoms with Gasteiger partial charge in [-0.25, -0.2) is 0 Å². The van der Waals surface area contributed by atoms with Crippen molar-refractivity contribution in [2.45, 2.75) is 45.3 Å². The molecule has 0 saturated heterocycles. The van der Waals surface area contributed by atoms with Crippen LogP contribution < -0.4 is 5.32 Å². The van der Waals surface area contributed by atoms with Crippen molar-refractivity contribution in [1.29, 1.82) is 0 Å². The summed E-state index contributed by atoms with van der Waals surface area (Å²) in [5, 5.41) is 3.16. The predicted octanol–water partition coefficient (Wildman–Crippen LogP) is 4.66. The molecule has 0 aliphatic heterocycles. The van der Waals surface area contributed by atoms with Crippen LogP contribution in [0, 0.1) is 0 Å². The number of carbonyl (C=O) groups is 1. The van der Waals surface area contributed by atoms with E-state index in [2.05, 4.69) is 46.4 Å². The van der Waals surface area contributed by atoms with Crippen LogP contribution in [0.3, 0.4) is 0 Å². The van der Waals surface area contributed by atoms with Crippen molar-refractivity contribution in [2.24, 2.45) is 0 Å². The third-order valence-electron chi connectivity index (χ3n) is 4.56. The number of fused-ring (bicyclic) bond motifs is 1. The second kappa shape index (κ2) is 8.63. The maximum Gasteiger partial charge on any atom is 0.251 e. The van der Waals surface area contributed by atoms with Gasteiger partial charge in [0.2, 0.25) is 0 Å². The van der Waals surface area contributed by atoms with E-state index >= 15 is 0 Å². The molecule has 0 spiro atoms. The molecule has 1 N–H and O–H groups in total. The topological polar surface area (TPSA) is 38.3 Å². The Morgan fingerprint density at radius 2 is 1.92 bits per heavy atom. The monoisotopic (exact) mass is 401 g/mol. The Kier molecular flexibility index (Phi) is 6.27. The summed E-state index contributed by atoms with van der Waals surface area (Å²) in [5.74, 6) is -0.00433. The molecule has 0 saturated carbocycles. The van der Waals surface area contributed by atoms with Crippen molar-refractivity contribution in [2.75, 3.05) is 6.61 Å². The summed E-state index contributed by atoms with van der Waals surface area (Å²) in [7, 11) is 0.